The van der Waals surface area contributed by atoms with Crippen LogP contribution >= 0.6 is 24.8 Å². The van der Waals surface area contributed by atoms with Gasteiger partial charge in [-0.15, -0.1) is 24.8 Å². The Bertz CT molecular complexity index is 3210. The summed E-state index contributed by atoms with van der Waals surface area (Å²) < 4.78 is 11.9. The summed E-state index contributed by atoms with van der Waals surface area (Å²) in [6.45, 7) is 19.0. The Balaban J connectivity index is 0.00000280. The Morgan fingerprint density at radius 3 is 1.50 bits per heavy atom. The van der Waals surface area contributed by atoms with E-state index in [9.17, 15) is 0 Å². The molecule has 0 spiro atoms. The van der Waals surface area contributed by atoms with Gasteiger partial charge in [0.15, 0.2) is 0 Å². The summed E-state index contributed by atoms with van der Waals surface area (Å²) >= 11 is -5.43. The monoisotopic (exact) mass is 952 g/mol. The first kappa shape index (κ1) is 45.7. The van der Waals surface area contributed by atoms with Crippen LogP contribution in [0.25, 0.3) is 54.9 Å². The van der Waals surface area contributed by atoms with Crippen LogP contribution in [-0.2, 0) is 35.5 Å². The average Bonchev–Trinajstić information content (AvgIpc) is 3.94. The molecule has 8 aromatic carbocycles. The number of aryl methyl sites for hydroxylation is 2. The standard InChI is InChI=1S/C35H37.2C10H7.C5H5.CH2.2ClH.Zr/c1-22-13-9-11-15-26(22)30-18-24-17-25-19-31(27-16-12-10-14-23(27)2)33(35(6,7)8)21-29(25)28(24)20-32(30)34(3,4)5;2*1-2-6-10-8-4-3-7-9(10)5-1;1-2-4-5-3-1;;;;/h9-16,18,20-21H,17H2,1-8H3;2*1-3,5-8H;1-3H,4H2;1H2;2*1H;. The molecule has 0 bridgehead atoms. The molecule has 0 N–H and O–H groups in total. The van der Waals surface area contributed by atoms with Crippen LogP contribution in [0.15, 0.2) is 173 Å². The molecule has 64 heavy (non-hydrogen) atoms. The van der Waals surface area contributed by atoms with Crippen LogP contribution in [0.4, 0.5) is 0 Å². The van der Waals surface area contributed by atoms with Crippen LogP contribution in [0.3, 0.4) is 0 Å². The van der Waals surface area contributed by atoms with Crippen molar-refractivity contribution in [2.75, 3.05) is 0 Å². The maximum atomic E-state index is 6.12. The fourth-order valence-electron chi connectivity index (χ4n) is 11.3. The summed E-state index contributed by atoms with van der Waals surface area (Å²) in [5.41, 5.74) is 16.2. The van der Waals surface area contributed by atoms with Gasteiger partial charge in [0.25, 0.3) is 0 Å². The molecular weight excluding hydrogens is 895 g/mol. The van der Waals surface area contributed by atoms with E-state index in [1.807, 2.05) is 0 Å². The van der Waals surface area contributed by atoms with Crippen molar-refractivity contribution in [2.45, 2.75) is 79.1 Å². The van der Waals surface area contributed by atoms with E-state index in [0.29, 0.717) is 0 Å². The third-order valence-electron chi connectivity index (χ3n) is 14.6. The fraction of sp³-hybridized carbons (Fsp3) is 0.197. The van der Waals surface area contributed by atoms with Gasteiger partial charge in [-0.2, -0.15) is 0 Å². The topological polar surface area (TPSA) is 0 Å². The molecule has 2 aliphatic carbocycles. The predicted molar refractivity (Wildman–Crippen MR) is 283 cm³/mol. The van der Waals surface area contributed by atoms with Crippen LogP contribution in [0.2, 0.25) is 0 Å². The number of fused-ring (bicyclic) bond motifs is 5. The number of rotatable bonds is 6. The van der Waals surface area contributed by atoms with Gasteiger partial charge in [-0.05, 0) is 0 Å². The molecule has 0 nitrogen and oxygen atoms in total. The third-order valence-corrected chi connectivity index (χ3v) is 30.9. The van der Waals surface area contributed by atoms with Gasteiger partial charge in [-0.1, -0.05) is 0 Å². The van der Waals surface area contributed by atoms with E-state index in [2.05, 4.69) is 225 Å². The summed E-state index contributed by atoms with van der Waals surface area (Å²) in [4.78, 5) is 0. The quantitative estimate of drug-likeness (QED) is 0.156. The van der Waals surface area contributed by atoms with Gasteiger partial charge in [-0.3, -0.25) is 0 Å². The summed E-state index contributed by atoms with van der Waals surface area (Å²) in [7, 11) is 0. The van der Waals surface area contributed by atoms with Gasteiger partial charge in [0, 0.05) is 0 Å². The maximum absolute atomic E-state index is 6.12. The van der Waals surface area contributed by atoms with Crippen molar-refractivity contribution in [3.8, 4) is 33.4 Å². The molecule has 0 saturated carbocycles. The Hall–Kier alpha value is -4.91. The molecule has 0 radical (unpaired) electrons. The van der Waals surface area contributed by atoms with Crippen LogP contribution in [0.5, 0.6) is 0 Å². The molecule has 322 valence electrons. The third kappa shape index (κ3) is 7.01. The number of halogens is 2. The van der Waals surface area contributed by atoms with E-state index in [1.165, 1.54) is 101 Å². The first-order chi connectivity index (χ1) is 29.7. The number of benzene rings is 8. The van der Waals surface area contributed by atoms with Crippen molar-refractivity contribution in [1.29, 1.82) is 0 Å². The molecule has 10 rings (SSSR count). The zero-order valence-corrected chi connectivity index (χ0v) is 42.7. The Labute approximate surface area is 394 Å². The van der Waals surface area contributed by atoms with Crippen LogP contribution in [0.1, 0.15) is 81.3 Å². The molecule has 0 unspecified atom stereocenters. The minimum absolute atomic E-state index is 0. The summed E-state index contributed by atoms with van der Waals surface area (Å²) in [6, 6.07) is 58.5. The van der Waals surface area contributed by atoms with E-state index < -0.39 is 18.3 Å². The Morgan fingerprint density at radius 2 is 0.984 bits per heavy atom. The van der Waals surface area contributed by atoms with Crippen molar-refractivity contribution < 1.29 is 18.3 Å². The normalized spacial score (nSPS) is 13.6. The molecule has 0 amide bonds. The zero-order chi connectivity index (χ0) is 43.2. The fourth-order valence-corrected chi connectivity index (χ4v) is 27.5. The molecule has 3 heteroatoms. The molecule has 0 heterocycles. The minimum atomic E-state index is -5.43. The van der Waals surface area contributed by atoms with E-state index >= 15 is 0 Å². The van der Waals surface area contributed by atoms with E-state index in [-0.39, 0.29) is 35.6 Å². The van der Waals surface area contributed by atoms with Gasteiger partial charge in [-0.25, -0.2) is 0 Å². The van der Waals surface area contributed by atoms with Crippen molar-refractivity contribution in [3.05, 3.63) is 207 Å². The molecule has 0 atom stereocenters. The second-order valence-electron chi connectivity index (χ2n) is 20.5. The predicted octanol–water partition coefficient (Wildman–Crippen LogP) is 15.2. The molecule has 0 fully saturated rings. The molecule has 0 saturated heterocycles. The summed E-state index contributed by atoms with van der Waals surface area (Å²) in [5.74, 6) is 0. The second kappa shape index (κ2) is 16.5. The summed E-state index contributed by atoms with van der Waals surface area (Å²) in [6.07, 6.45) is 8.92. The van der Waals surface area contributed by atoms with E-state index in [0.717, 1.165) is 12.8 Å². The molecule has 0 aromatic heterocycles. The molecule has 0 aliphatic heterocycles. The van der Waals surface area contributed by atoms with Crippen molar-refractivity contribution >= 4 is 60.4 Å². The number of hydrogen-bond donors (Lipinski definition) is 0. The van der Waals surface area contributed by atoms with Crippen LogP contribution in [0, 0.1) is 13.8 Å². The molecular formula is C61H60Cl2Zr. The zero-order valence-electron chi connectivity index (χ0n) is 38.6. The van der Waals surface area contributed by atoms with Gasteiger partial charge < -0.3 is 0 Å². The van der Waals surface area contributed by atoms with Crippen molar-refractivity contribution in [3.63, 3.8) is 0 Å². The van der Waals surface area contributed by atoms with Gasteiger partial charge >= 0.3 is 373 Å². The van der Waals surface area contributed by atoms with Crippen LogP contribution in [-0.4, -0.2) is 4.21 Å². The Kier molecular flexibility index (Phi) is 11.8. The molecule has 8 aromatic rings. The SMILES string of the molecule is Cl.Cl.[CH2]=[Zr]([C]1=CC=CC1)([c]1ccc2ccccc2c1)([c]1ccc2ccccc2c1)[c]1c2c(cc(C(C)(C)C)c1-c1ccccc1C)-c1cc(C(C)(C)C)c(-c3ccccc3C)cc1C2. The first-order valence-electron chi connectivity index (χ1n) is 22.5. The first-order valence-corrected chi connectivity index (χ1v) is 29.2. The number of hydrogen-bond acceptors (Lipinski definition) is 0. The van der Waals surface area contributed by atoms with Gasteiger partial charge in [0.2, 0.25) is 0 Å². The van der Waals surface area contributed by atoms with E-state index in [4.69, 9.17) is 4.21 Å². The number of allylic oxidation sites excluding steroid dienone is 4. The van der Waals surface area contributed by atoms with Crippen molar-refractivity contribution in [2.24, 2.45) is 0 Å². The van der Waals surface area contributed by atoms with Crippen LogP contribution < -0.4 is 9.81 Å². The second-order valence-corrected chi connectivity index (χ2v) is 33.3. The average molecular weight is 955 g/mol. The van der Waals surface area contributed by atoms with E-state index in [1.54, 1.807) is 0 Å². The van der Waals surface area contributed by atoms with Gasteiger partial charge in [0.1, 0.15) is 0 Å². The molecule has 2 aliphatic rings. The van der Waals surface area contributed by atoms with Crippen molar-refractivity contribution in [1.82, 2.24) is 0 Å². The van der Waals surface area contributed by atoms with Gasteiger partial charge in [0.05, 0.1) is 0 Å². The Morgan fingerprint density at radius 1 is 0.484 bits per heavy atom. The summed E-state index contributed by atoms with van der Waals surface area (Å²) in [5, 5.41) is 5.05.